The summed E-state index contributed by atoms with van der Waals surface area (Å²) >= 11 is 0. The first-order valence-electron chi connectivity index (χ1n) is 7.04. The SMILES string of the molecule is O=C(COc1cccc2c1CCC2O)N1CCOCC1. The van der Waals surface area contributed by atoms with Gasteiger partial charge in [0.1, 0.15) is 5.75 Å². The summed E-state index contributed by atoms with van der Waals surface area (Å²) in [5.41, 5.74) is 1.97. The van der Waals surface area contributed by atoms with E-state index in [1.165, 1.54) is 0 Å². The van der Waals surface area contributed by atoms with E-state index in [-0.39, 0.29) is 12.5 Å². The summed E-state index contributed by atoms with van der Waals surface area (Å²) in [4.78, 5) is 13.8. The second-order valence-electron chi connectivity index (χ2n) is 5.16. The van der Waals surface area contributed by atoms with E-state index in [2.05, 4.69) is 0 Å². The van der Waals surface area contributed by atoms with Gasteiger partial charge in [-0.3, -0.25) is 4.79 Å². The number of fused-ring (bicyclic) bond motifs is 1. The molecule has 1 aromatic carbocycles. The fourth-order valence-corrected chi connectivity index (χ4v) is 2.78. The number of aliphatic hydroxyl groups excluding tert-OH is 1. The number of carbonyl (C=O) groups excluding carboxylic acids is 1. The van der Waals surface area contributed by atoms with Crippen LogP contribution in [0, 0.1) is 0 Å². The number of ether oxygens (including phenoxy) is 2. The monoisotopic (exact) mass is 277 g/mol. The Hall–Kier alpha value is -1.59. The lowest BCUT2D eigenvalue weighted by Gasteiger charge is -2.26. The molecular formula is C15H19NO4. The molecule has 108 valence electrons. The van der Waals surface area contributed by atoms with Gasteiger partial charge >= 0.3 is 0 Å². The van der Waals surface area contributed by atoms with Crippen molar-refractivity contribution in [2.24, 2.45) is 0 Å². The summed E-state index contributed by atoms with van der Waals surface area (Å²) in [6, 6.07) is 5.65. The zero-order chi connectivity index (χ0) is 13.9. The van der Waals surface area contributed by atoms with Crippen LogP contribution in [-0.4, -0.2) is 48.8 Å². The molecule has 1 atom stereocenters. The molecule has 1 fully saturated rings. The number of nitrogens with zero attached hydrogens (tertiary/aromatic N) is 1. The number of benzene rings is 1. The third-order valence-corrected chi connectivity index (χ3v) is 3.91. The minimum absolute atomic E-state index is 0.00977. The molecule has 1 aliphatic heterocycles. The van der Waals surface area contributed by atoms with Crippen LogP contribution in [0.1, 0.15) is 23.7 Å². The molecule has 1 N–H and O–H groups in total. The quantitative estimate of drug-likeness (QED) is 0.892. The van der Waals surface area contributed by atoms with Gasteiger partial charge in [0, 0.05) is 18.7 Å². The standard InChI is InChI=1S/C15H19NO4/c17-13-5-4-12-11(13)2-1-3-14(12)20-10-15(18)16-6-8-19-9-7-16/h1-3,13,17H,4-10H2. The minimum Gasteiger partial charge on any atom is -0.483 e. The van der Waals surface area contributed by atoms with Gasteiger partial charge in [0.25, 0.3) is 5.91 Å². The molecule has 1 aliphatic carbocycles. The summed E-state index contributed by atoms with van der Waals surface area (Å²) in [6.07, 6.45) is 1.13. The highest BCUT2D eigenvalue weighted by Crippen LogP contribution is 2.36. The first-order valence-corrected chi connectivity index (χ1v) is 7.04. The van der Waals surface area contributed by atoms with Gasteiger partial charge in [0.15, 0.2) is 6.61 Å². The lowest BCUT2D eigenvalue weighted by molar-refractivity contribution is -0.137. The van der Waals surface area contributed by atoms with Gasteiger partial charge in [-0.2, -0.15) is 0 Å². The number of hydrogen-bond acceptors (Lipinski definition) is 4. The molecule has 0 bridgehead atoms. The van der Waals surface area contributed by atoms with Crippen LogP contribution >= 0.6 is 0 Å². The Balaban J connectivity index is 1.63. The third kappa shape index (κ3) is 2.64. The van der Waals surface area contributed by atoms with E-state index in [9.17, 15) is 9.90 Å². The number of carbonyl (C=O) groups is 1. The topological polar surface area (TPSA) is 59.0 Å². The Morgan fingerprint density at radius 1 is 1.40 bits per heavy atom. The van der Waals surface area contributed by atoms with Crippen molar-refractivity contribution in [3.63, 3.8) is 0 Å². The highest BCUT2D eigenvalue weighted by molar-refractivity contribution is 5.78. The number of amides is 1. The normalized spacial score (nSPS) is 21.6. The summed E-state index contributed by atoms with van der Waals surface area (Å²) < 4.78 is 10.9. The van der Waals surface area contributed by atoms with Crippen LogP contribution in [0.3, 0.4) is 0 Å². The summed E-state index contributed by atoms with van der Waals surface area (Å²) in [6.45, 7) is 2.51. The second-order valence-corrected chi connectivity index (χ2v) is 5.16. The Morgan fingerprint density at radius 2 is 2.20 bits per heavy atom. The smallest absolute Gasteiger partial charge is 0.260 e. The Morgan fingerprint density at radius 3 is 3.00 bits per heavy atom. The summed E-state index contributed by atoms with van der Waals surface area (Å²) in [5.74, 6) is 0.713. The highest BCUT2D eigenvalue weighted by Gasteiger charge is 2.24. The zero-order valence-corrected chi connectivity index (χ0v) is 11.4. The summed E-state index contributed by atoms with van der Waals surface area (Å²) in [7, 11) is 0. The van der Waals surface area contributed by atoms with Crippen molar-refractivity contribution in [2.45, 2.75) is 18.9 Å². The van der Waals surface area contributed by atoms with E-state index in [4.69, 9.17) is 9.47 Å². The van der Waals surface area contributed by atoms with Gasteiger partial charge in [-0.1, -0.05) is 12.1 Å². The van der Waals surface area contributed by atoms with Crippen LogP contribution in [0.4, 0.5) is 0 Å². The molecule has 1 aromatic rings. The molecule has 1 amide bonds. The van der Waals surface area contributed by atoms with Crippen molar-refractivity contribution in [2.75, 3.05) is 32.9 Å². The van der Waals surface area contributed by atoms with Crippen LogP contribution in [0.25, 0.3) is 0 Å². The average molecular weight is 277 g/mol. The molecule has 2 aliphatic rings. The maximum Gasteiger partial charge on any atom is 0.260 e. The Kier molecular flexibility index (Phi) is 3.89. The first kappa shape index (κ1) is 13.4. The van der Waals surface area contributed by atoms with E-state index in [1.54, 1.807) is 4.90 Å². The van der Waals surface area contributed by atoms with Crippen molar-refractivity contribution < 1.29 is 19.4 Å². The lowest BCUT2D eigenvalue weighted by atomic mass is 10.1. The molecule has 1 heterocycles. The van der Waals surface area contributed by atoms with Crippen molar-refractivity contribution in [1.29, 1.82) is 0 Å². The Labute approximate surface area is 118 Å². The molecule has 5 nitrogen and oxygen atoms in total. The van der Waals surface area contributed by atoms with Gasteiger partial charge < -0.3 is 19.5 Å². The van der Waals surface area contributed by atoms with Gasteiger partial charge in [-0.15, -0.1) is 0 Å². The largest absolute Gasteiger partial charge is 0.483 e. The maximum atomic E-state index is 12.0. The molecule has 1 saturated heterocycles. The summed E-state index contributed by atoms with van der Waals surface area (Å²) in [5, 5.41) is 9.84. The molecule has 0 saturated carbocycles. The lowest BCUT2D eigenvalue weighted by Crippen LogP contribution is -2.43. The molecule has 0 radical (unpaired) electrons. The molecule has 20 heavy (non-hydrogen) atoms. The van der Waals surface area contributed by atoms with Gasteiger partial charge in [0.2, 0.25) is 0 Å². The minimum atomic E-state index is -0.400. The van der Waals surface area contributed by atoms with Crippen molar-refractivity contribution in [3.8, 4) is 5.75 Å². The van der Waals surface area contributed by atoms with Crippen molar-refractivity contribution in [1.82, 2.24) is 4.90 Å². The van der Waals surface area contributed by atoms with E-state index in [1.807, 2.05) is 18.2 Å². The van der Waals surface area contributed by atoms with Crippen LogP contribution in [-0.2, 0) is 16.0 Å². The van der Waals surface area contributed by atoms with Crippen molar-refractivity contribution in [3.05, 3.63) is 29.3 Å². The van der Waals surface area contributed by atoms with Gasteiger partial charge in [0.05, 0.1) is 19.3 Å². The first-order chi connectivity index (χ1) is 9.75. The number of rotatable bonds is 3. The number of hydrogen-bond donors (Lipinski definition) is 1. The maximum absolute atomic E-state index is 12.0. The molecule has 5 heteroatoms. The molecule has 0 aromatic heterocycles. The zero-order valence-electron chi connectivity index (χ0n) is 11.4. The highest BCUT2D eigenvalue weighted by atomic mass is 16.5. The van der Waals surface area contributed by atoms with Gasteiger partial charge in [-0.25, -0.2) is 0 Å². The van der Waals surface area contributed by atoms with E-state index >= 15 is 0 Å². The van der Waals surface area contributed by atoms with Crippen LogP contribution < -0.4 is 4.74 Å². The second kappa shape index (κ2) is 5.81. The number of morpholine rings is 1. The predicted octanol–water partition coefficient (Wildman–Crippen LogP) is 0.904. The van der Waals surface area contributed by atoms with E-state index in [0.29, 0.717) is 26.3 Å². The van der Waals surface area contributed by atoms with Gasteiger partial charge in [-0.05, 0) is 24.5 Å². The van der Waals surface area contributed by atoms with Crippen LogP contribution in [0.5, 0.6) is 5.75 Å². The predicted molar refractivity (Wildman–Crippen MR) is 72.6 cm³/mol. The van der Waals surface area contributed by atoms with Crippen LogP contribution in [0.2, 0.25) is 0 Å². The molecule has 1 unspecified atom stereocenters. The average Bonchev–Trinajstić information content (AvgIpc) is 2.88. The molecule has 3 rings (SSSR count). The van der Waals surface area contributed by atoms with E-state index in [0.717, 1.165) is 29.7 Å². The fraction of sp³-hybridized carbons (Fsp3) is 0.533. The number of aliphatic hydroxyl groups is 1. The Bertz CT molecular complexity index is 497. The molecular weight excluding hydrogens is 258 g/mol. The van der Waals surface area contributed by atoms with Crippen LogP contribution in [0.15, 0.2) is 18.2 Å². The van der Waals surface area contributed by atoms with Crippen molar-refractivity contribution >= 4 is 5.91 Å². The molecule has 0 spiro atoms. The fourth-order valence-electron chi connectivity index (χ4n) is 2.78. The third-order valence-electron chi connectivity index (χ3n) is 3.91. The van der Waals surface area contributed by atoms with E-state index < -0.39 is 6.10 Å².